The summed E-state index contributed by atoms with van der Waals surface area (Å²) in [6.07, 6.45) is 1.85. The number of piperazine rings is 1. The first-order valence-corrected chi connectivity index (χ1v) is 12.9. The van der Waals surface area contributed by atoms with Gasteiger partial charge in [-0.15, -0.1) is 0 Å². The van der Waals surface area contributed by atoms with Crippen molar-refractivity contribution in [1.82, 2.24) is 14.3 Å². The highest BCUT2D eigenvalue weighted by Gasteiger charge is 2.36. The molecule has 3 heterocycles. The lowest BCUT2D eigenvalue weighted by atomic mass is 9.96. The van der Waals surface area contributed by atoms with Crippen molar-refractivity contribution in [3.8, 4) is 5.75 Å². The molecule has 2 aromatic heterocycles. The summed E-state index contributed by atoms with van der Waals surface area (Å²) in [5.41, 5.74) is 2.00. The topological polar surface area (TPSA) is 70.0 Å². The minimum absolute atomic E-state index is 0.00787. The minimum atomic E-state index is -0.581. The molecule has 0 spiro atoms. The summed E-state index contributed by atoms with van der Waals surface area (Å²) >= 11 is 12.5. The van der Waals surface area contributed by atoms with Crippen LogP contribution in [0, 0.1) is 5.82 Å². The van der Waals surface area contributed by atoms with Gasteiger partial charge in [0.15, 0.2) is 0 Å². The van der Waals surface area contributed by atoms with Crippen molar-refractivity contribution < 1.29 is 13.9 Å². The number of halogens is 3. The van der Waals surface area contributed by atoms with Crippen molar-refractivity contribution in [3.63, 3.8) is 0 Å². The van der Waals surface area contributed by atoms with E-state index in [0.717, 1.165) is 11.4 Å². The van der Waals surface area contributed by atoms with Gasteiger partial charge >= 0.3 is 0 Å². The predicted molar refractivity (Wildman–Crippen MR) is 148 cm³/mol. The second kappa shape index (κ2) is 10.0. The molecule has 10 heteroatoms. The van der Waals surface area contributed by atoms with Crippen LogP contribution < -0.4 is 15.2 Å². The van der Waals surface area contributed by atoms with Crippen LogP contribution >= 0.6 is 23.2 Å². The molecular weight excluding hydrogens is 530 g/mol. The first-order chi connectivity index (χ1) is 18.1. The van der Waals surface area contributed by atoms with Crippen LogP contribution in [0.15, 0.2) is 59.5 Å². The number of H-pyrrole nitrogens is 1. The molecule has 1 fully saturated rings. The lowest BCUT2D eigenvalue weighted by Crippen LogP contribution is -2.60. The third-order valence-electron chi connectivity index (χ3n) is 7.01. The zero-order valence-electron chi connectivity index (χ0n) is 21.2. The van der Waals surface area contributed by atoms with E-state index in [0.29, 0.717) is 42.8 Å². The smallest absolute Gasteiger partial charge is 0.272 e. The van der Waals surface area contributed by atoms with E-state index in [-0.39, 0.29) is 32.7 Å². The fourth-order valence-corrected chi connectivity index (χ4v) is 5.56. The molecule has 0 saturated carbocycles. The van der Waals surface area contributed by atoms with Gasteiger partial charge < -0.3 is 19.5 Å². The number of rotatable bonds is 5. The molecule has 1 aliphatic heterocycles. The molecule has 7 nitrogen and oxygen atoms in total. The highest BCUT2D eigenvalue weighted by Crippen LogP contribution is 2.31. The molecule has 0 radical (unpaired) electrons. The number of anilines is 1. The van der Waals surface area contributed by atoms with Gasteiger partial charge in [0, 0.05) is 43.6 Å². The van der Waals surface area contributed by atoms with E-state index in [9.17, 15) is 14.0 Å². The number of amides is 1. The molecule has 38 heavy (non-hydrogen) atoms. The van der Waals surface area contributed by atoms with Gasteiger partial charge in [-0.25, -0.2) is 4.39 Å². The van der Waals surface area contributed by atoms with E-state index < -0.39 is 5.82 Å². The summed E-state index contributed by atoms with van der Waals surface area (Å²) in [6.45, 7) is 5.62. The van der Waals surface area contributed by atoms with Crippen LogP contribution in [0.5, 0.6) is 5.75 Å². The van der Waals surface area contributed by atoms with E-state index in [2.05, 4.69) is 23.7 Å². The number of nitrogens with one attached hydrogen (secondary N) is 1. The summed E-state index contributed by atoms with van der Waals surface area (Å²) in [6, 6.07) is 13.8. The number of aromatic nitrogens is 2. The second-order valence-corrected chi connectivity index (χ2v) is 10.8. The maximum Gasteiger partial charge on any atom is 0.272 e. The Morgan fingerprint density at radius 3 is 2.53 bits per heavy atom. The van der Waals surface area contributed by atoms with Gasteiger partial charge in [-0.3, -0.25) is 14.0 Å². The van der Waals surface area contributed by atoms with Gasteiger partial charge in [-0.1, -0.05) is 29.3 Å². The summed E-state index contributed by atoms with van der Waals surface area (Å²) in [4.78, 5) is 32.3. The molecule has 1 amide bonds. The largest absolute Gasteiger partial charge is 0.497 e. The Balaban J connectivity index is 1.38. The first kappa shape index (κ1) is 26.1. The molecule has 0 aliphatic carbocycles. The minimum Gasteiger partial charge on any atom is -0.497 e. The normalized spacial score (nSPS) is 15.2. The van der Waals surface area contributed by atoms with Crippen molar-refractivity contribution in [2.24, 2.45) is 0 Å². The molecule has 5 rings (SSSR count). The van der Waals surface area contributed by atoms with Crippen LogP contribution in [-0.4, -0.2) is 52.5 Å². The zero-order valence-corrected chi connectivity index (χ0v) is 22.7. The zero-order chi connectivity index (χ0) is 27.2. The second-order valence-electron chi connectivity index (χ2n) is 9.99. The fourth-order valence-electron chi connectivity index (χ4n) is 5.12. The van der Waals surface area contributed by atoms with E-state index in [1.165, 1.54) is 12.1 Å². The maximum atomic E-state index is 14.9. The van der Waals surface area contributed by atoms with Gasteiger partial charge in [0.2, 0.25) is 0 Å². The Morgan fingerprint density at radius 1 is 1.11 bits per heavy atom. The van der Waals surface area contributed by atoms with E-state index in [1.807, 2.05) is 24.3 Å². The average Bonchev–Trinajstić information content (AvgIpc) is 3.21. The number of carbonyl (C=O) groups is 1. The van der Waals surface area contributed by atoms with Crippen molar-refractivity contribution in [3.05, 3.63) is 97.9 Å². The number of nitrogens with zero attached hydrogens (tertiary/aromatic N) is 3. The lowest BCUT2D eigenvalue weighted by Gasteiger charge is -2.48. The summed E-state index contributed by atoms with van der Waals surface area (Å²) in [5.74, 6) is -0.163. The van der Waals surface area contributed by atoms with Gasteiger partial charge in [0.25, 0.3) is 11.5 Å². The quantitative estimate of drug-likeness (QED) is 0.356. The molecule has 0 bridgehead atoms. The SMILES string of the molecule is COc1ccc(N2CCN(C(=O)c3cc(Cc4c[nH]c(=O)c5cc(Cl)c(Cl)n45)ccc3F)CC2(C)C)cc1. The number of methoxy groups -OCH3 is 1. The lowest BCUT2D eigenvalue weighted by molar-refractivity contribution is 0.0681. The van der Waals surface area contributed by atoms with Crippen molar-refractivity contribution in [1.29, 1.82) is 0 Å². The number of benzene rings is 2. The van der Waals surface area contributed by atoms with Crippen molar-refractivity contribution in [2.75, 3.05) is 31.6 Å². The van der Waals surface area contributed by atoms with Gasteiger partial charge in [0.1, 0.15) is 22.2 Å². The Morgan fingerprint density at radius 2 is 1.84 bits per heavy atom. The summed E-state index contributed by atoms with van der Waals surface area (Å²) < 4.78 is 21.8. The highest BCUT2D eigenvalue weighted by atomic mass is 35.5. The Labute approximate surface area is 229 Å². The van der Waals surface area contributed by atoms with E-state index >= 15 is 0 Å². The highest BCUT2D eigenvalue weighted by molar-refractivity contribution is 6.42. The average molecular weight is 557 g/mol. The molecule has 1 N–H and O–H groups in total. The maximum absolute atomic E-state index is 14.9. The third-order valence-corrected chi connectivity index (χ3v) is 7.76. The monoisotopic (exact) mass is 556 g/mol. The number of hydrogen-bond acceptors (Lipinski definition) is 4. The van der Waals surface area contributed by atoms with Crippen LogP contribution in [0.3, 0.4) is 0 Å². The van der Waals surface area contributed by atoms with Gasteiger partial charge in [-0.2, -0.15) is 0 Å². The number of aromatic amines is 1. The van der Waals surface area contributed by atoms with Crippen LogP contribution in [0.25, 0.3) is 5.52 Å². The number of fused-ring (bicyclic) bond motifs is 1. The molecule has 2 aromatic carbocycles. The van der Waals surface area contributed by atoms with Gasteiger partial charge in [-0.05, 0) is 61.9 Å². The molecule has 4 aromatic rings. The predicted octanol–water partition coefficient (Wildman–Crippen LogP) is 5.41. The Hall–Kier alpha value is -3.49. The standard InChI is InChI=1S/C28H27Cl2FN4O3/c1-28(2)16-33(10-11-34(28)18-5-7-20(38-3)8-6-18)27(37)21-13-17(4-9-23(21)31)12-19-15-32-26(36)24-14-22(29)25(30)35(19)24/h4-9,13-15H,10-12,16H2,1-3H3,(H,32,36). The van der Waals surface area contributed by atoms with Crippen LogP contribution in [0.1, 0.15) is 35.5 Å². The fraction of sp³-hybridized carbons (Fsp3) is 0.286. The third kappa shape index (κ3) is 4.74. The van der Waals surface area contributed by atoms with Crippen molar-refractivity contribution in [2.45, 2.75) is 25.8 Å². The number of hydrogen-bond donors (Lipinski definition) is 1. The van der Waals surface area contributed by atoms with Crippen LogP contribution in [0.2, 0.25) is 10.2 Å². The number of carbonyl (C=O) groups excluding carboxylic acids is 1. The van der Waals surface area contributed by atoms with Crippen LogP contribution in [-0.2, 0) is 6.42 Å². The van der Waals surface area contributed by atoms with Crippen LogP contribution in [0.4, 0.5) is 10.1 Å². The Bertz CT molecular complexity index is 1580. The van der Waals surface area contributed by atoms with Gasteiger partial charge in [0.05, 0.1) is 23.2 Å². The molecule has 198 valence electrons. The van der Waals surface area contributed by atoms with E-state index in [1.54, 1.807) is 34.7 Å². The van der Waals surface area contributed by atoms with Crippen molar-refractivity contribution >= 4 is 40.3 Å². The first-order valence-electron chi connectivity index (χ1n) is 12.2. The Kier molecular flexibility index (Phi) is 6.88. The summed E-state index contributed by atoms with van der Waals surface area (Å²) in [7, 11) is 1.63. The van der Waals surface area contributed by atoms with E-state index in [4.69, 9.17) is 27.9 Å². The molecule has 1 aliphatic rings. The molecular formula is C28H27Cl2FN4O3. The molecule has 0 atom stereocenters. The number of ether oxygens (including phenoxy) is 1. The summed E-state index contributed by atoms with van der Waals surface area (Å²) in [5, 5.41) is 0.481. The molecule has 1 saturated heterocycles. The molecule has 0 unspecified atom stereocenters.